The molecule has 1 fully saturated rings. The van der Waals surface area contributed by atoms with E-state index in [2.05, 4.69) is 20.2 Å². The Balaban J connectivity index is 1.21. The van der Waals surface area contributed by atoms with Gasteiger partial charge in [0, 0.05) is 30.3 Å². The summed E-state index contributed by atoms with van der Waals surface area (Å²) in [6.45, 7) is 2.54. The summed E-state index contributed by atoms with van der Waals surface area (Å²) < 4.78 is 13.1. The van der Waals surface area contributed by atoms with Crippen molar-refractivity contribution in [1.29, 1.82) is 0 Å². The third-order valence-corrected chi connectivity index (χ3v) is 8.50. The number of carbonyl (C=O) groups is 1. The number of hydrogen-bond acceptors (Lipinski definition) is 8. The number of hydrogen-bond donors (Lipinski definition) is 3. The summed E-state index contributed by atoms with van der Waals surface area (Å²) in [5, 5.41) is 23.5. The second-order valence-corrected chi connectivity index (χ2v) is 11.7. The number of aliphatic hydroxyl groups excluding tert-OH is 2. The molecule has 236 valence electrons. The average Bonchev–Trinajstić information content (AvgIpc) is 3.11. The van der Waals surface area contributed by atoms with Gasteiger partial charge >= 0.3 is 0 Å². The third-order valence-electron chi connectivity index (χ3n) is 8.50. The fourth-order valence-corrected chi connectivity index (χ4v) is 5.72. The topological polar surface area (TPSA) is 117 Å². The predicted octanol–water partition coefficient (Wildman–Crippen LogP) is 5.97. The van der Waals surface area contributed by atoms with Crippen LogP contribution in [0.15, 0.2) is 109 Å². The molecule has 9 nitrogen and oxygen atoms in total. The van der Waals surface area contributed by atoms with E-state index in [1.165, 1.54) is 6.20 Å². The highest BCUT2D eigenvalue weighted by molar-refractivity contribution is 6.03. The number of benzene rings is 4. The second kappa shape index (κ2) is 14.3. The Labute approximate surface area is 268 Å². The van der Waals surface area contributed by atoms with Gasteiger partial charge in [0.05, 0.1) is 42.1 Å². The van der Waals surface area contributed by atoms with E-state index >= 15 is 0 Å². The molecule has 0 aliphatic carbocycles. The van der Waals surface area contributed by atoms with Crippen LogP contribution < -0.4 is 5.32 Å². The third kappa shape index (κ3) is 7.31. The zero-order valence-electron chi connectivity index (χ0n) is 25.9. The molecule has 3 N–H and O–H groups in total. The minimum Gasteiger partial charge on any atom is -0.392 e. The van der Waals surface area contributed by atoms with Crippen LogP contribution in [0.2, 0.25) is 0 Å². The number of rotatable bonds is 10. The zero-order valence-corrected chi connectivity index (χ0v) is 25.9. The highest BCUT2D eigenvalue weighted by Gasteiger charge is 2.34. The van der Waals surface area contributed by atoms with Crippen molar-refractivity contribution in [3.8, 4) is 0 Å². The second-order valence-electron chi connectivity index (χ2n) is 11.7. The molecule has 2 heterocycles. The van der Waals surface area contributed by atoms with Crippen molar-refractivity contribution in [3.05, 3.63) is 137 Å². The normalized spacial score (nSPS) is 19.5. The van der Waals surface area contributed by atoms with Crippen LogP contribution in [0.5, 0.6) is 0 Å². The van der Waals surface area contributed by atoms with E-state index in [4.69, 9.17) is 9.47 Å². The van der Waals surface area contributed by atoms with E-state index < -0.39 is 12.4 Å². The minimum absolute atomic E-state index is 0.0319. The van der Waals surface area contributed by atoms with E-state index in [0.29, 0.717) is 24.2 Å². The molecule has 1 aromatic heterocycles. The first kappa shape index (κ1) is 31.5. The van der Waals surface area contributed by atoms with Crippen molar-refractivity contribution in [3.63, 3.8) is 0 Å². The summed E-state index contributed by atoms with van der Waals surface area (Å²) in [4.78, 5) is 24.0. The number of aromatic nitrogens is 2. The number of fused-ring (bicyclic) bond motifs is 1. The highest BCUT2D eigenvalue weighted by Crippen LogP contribution is 2.39. The zero-order chi connectivity index (χ0) is 32.0. The Kier molecular flexibility index (Phi) is 9.77. The smallest absolute Gasteiger partial charge is 0.275 e. The van der Waals surface area contributed by atoms with E-state index in [-0.39, 0.29) is 36.5 Å². The molecule has 0 unspecified atom stereocenters. The van der Waals surface area contributed by atoms with Gasteiger partial charge in [0.15, 0.2) is 6.29 Å². The molecule has 1 aliphatic heterocycles. The molecule has 9 heteroatoms. The van der Waals surface area contributed by atoms with E-state index in [1.54, 1.807) is 0 Å². The fraction of sp³-hybridized carbons (Fsp3) is 0.270. The number of carbonyl (C=O) groups excluding carboxylic acids is 1. The monoisotopic (exact) mass is 618 g/mol. The van der Waals surface area contributed by atoms with Gasteiger partial charge in [-0.15, -0.1) is 0 Å². The van der Waals surface area contributed by atoms with Crippen molar-refractivity contribution in [2.24, 2.45) is 0 Å². The quantitative estimate of drug-likeness (QED) is 0.175. The summed E-state index contributed by atoms with van der Waals surface area (Å²) in [6.07, 6.45) is 0.217. The van der Waals surface area contributed by atoms with Crippen molar-refractivity contribution in [1.82, 2.24) is 14.9 Å². The van der Waals surface area contributed by atoms with E-state index in [9.17, 15) is 15.0 Å². The van der Waals surface area contributed by atoms with Gasteiger partial charge in [-0.25, -0.2) is 4.98 Å². The van der Waals surface area contributed by atoms with Crippen molar-refractivity contribution < 1.29 is 24.5 Å². The SMILES string of the molecule is C[C@H]([C@@H](O)c1ccccc1)N(C)C[C@H]1C[C@@H](c2ccc(CO)cc2)O[C@@H](c2cccc(NC(=O)c3cnc4ccccc4n3)c2)O1. The molecule has 6 rings (SSSR count). The van der Waals surface area contributed by atoms with Crippen molar-refractivity contribution >= 4 is 22.6 Å². The minimum atomic E-state index is -0.707. The summed E-state index contributed by atoms with van der Waals surface area (Å²) >= 11 is 0. The number of para-hydroxylation sites is 2. The standard InChI is InChI=1S/C37H38N4O5/c1-24(35(43)27-9-4-3-5-10-27)41(2)22-30-20-34(26-17-15-25(23-42)16-18-26)46-37(45-30)28-11-8-12-29(19-28)39-36(44)33-21-38-31-13-6-7-14-32(31)40-33/h3-19,21,24,30,34-35,37,42-43H,20,22-23H2,1-2H3,(H,39,44)/t24-,30-,34+,35-,37+/m1/s1. The van der Waals surface area contributed by atoms with Gasteiger partial charge in [-0.05, 0) is 54.9 Å². The number of aliphatic hydroxyl groups is 2. The van der Waals surface area contributed by atoms with Crippen molar-refractivity contribution in [2.45, 2.75) is 50.6 Å². The molecule has 0 saturated carbocycles. The van der Waals surface area contributed by atoms with Crippen LogP contribution in [0.1, 0.15) is 64.6 Å². The first-order valence-corrected chi connectivity index (χ1v) is 15.4. The largest absolute Gasteiger partial charge is 0.392 e. The lowest BCUT2D eigenvalue weighted by molar-refractivity contribution is -0.253. The summed E-state index contributed by atoms with van der Waals surface area (Å²) in [7, 11) is 1.99. The van der Waals surface area contributed by atoms with Crippen LogP contribution in [0.25, 0.3) is 11.0 Å². The molecular weight excluding hydrogens is 580 g/mol. The van der Waals surface area contributed by atoms with Gasteiger partial charge in [-0.1, -0.05) is 78.9 Å². The molecule has 0 bridgehead atoms. The van der Waals surface area contributed by atoms with Crippen LogP contribution in [0.4, 0.5) is 5.69 Å². The maximum atomic E-state index is 13.1. The lowest BCUT2D eigenvalue weighted by Crippen LogP contribution is -2.43. The molecule has 5 atom stereocenters. The molecule has 1 amide bonds. The number of nitrogens with one attached hydrogen (secondary N) is 1. The summed E-state index contributed by atoms with van der Waals surface area (Å²) in [5.41, 5.74) is 5.58. The van der Waals surface area contributed by atoms with Crippen molar-refractivity contribution in [2.75, 3.05) is 18.9 Å². The van der Waals surface area contributed by atoms with Crippen LogP contribution in [-0.4, -0.2) is 56.7 Å². The number of ether oxygens (including phenoxy) is 2. The van der Waals surface area contributed by atoms with E-state index in [0.717, 1.165) is 27.8 Å². The van der Waals surface area contributed by atoms with Gasteiger partial charge in [-0.3, -0.25) is 14.7 Å². The number of nitrogens with zero attached hydrogens (tertiary/aromatic N) is 3. The molecule has 4 aromatic carbocycles. The fourth-order valence-electron chi connectivity index (χ4n) is 5.72. The molecule has 0 radical (unpaired) electrons. The summed E-state index contributed by atoms with van der Waals surface area (Å²) in [6, 6.07) is 32.1. The Morgan fingerprint density at radius 2 is 1.67 bits per heavy atom. The van der Waals surface area contributed by atoms with Crippen LogP contribution in [0, 0.1) is 0 Å². The average molecular weight is 619 g/mol. The van der Waals surface area contributed by atoms with Gasteiger partial charge in [0.1, 0.15) is 5.69 Å². The van der Waals surface area contributed by atoms with Gasteiger partial charge in [0.2, 0.25) is 0 Å². The van der Waals surface area contributed by atoms with Crippen LogP contribution in [-0.2, 0) is 16.1 Å². The van der Waals surface area contributed by atoms with Crippen LogP contribution >= 0.6 is 0 Å². The lowest BCUT2D eigenvalue weighted by atomic mass is 9.98. The Morgan fingerprint density at radius 3 is 2.43 bits per heavy atom. The molecule has 1 saturated heterocycles. The maximum absolute atomic E-state index is 13.1. The van der Waals surface area contributed by atoms with Gasteiger partial charge < -0.3 is 25.0 Å². The highest BCUT2D eigenvalue weighted by atomic mass is 16.7. The van der Waals surface area contributed by atoms with Gasteiger partial charge in [-0.2, -0.15) is 0 Å². The first-order chi connectivity index (χ1) is 22.4. The molecular formula is C37H38N4O5. The number of amides is 1. The van der Waals surface area contributed by atoms with E-state index in [1.807, 2.05) is 117 Å². The Bertz CT molecular complexity index is 1770. The number of anilines is 1. The maximum Gasteiger partial charge on any atom is 0.275 e. The molecule has 1 aliphatic rings. The molecule has 5 aromatic rings. The lowest BCUT2D eigenvalue weighted by Gasteiger charge is -2.39. The number of likely N-dealkylation sites (N-methyl/N-ethyl adjacent to an activating group) is 1. The Hall–Kier alpha value is -4.51. The van der Waals surface area contributed by atoms with Gasteiger partial charge in [0.25, 0.3) is 5.91 Å². The molecule has 46 heavy (non-hydrogen) atoms. The predicted molar refractivity (Wildman–Crippen MR) is 176 cm³/mol. The van der Waals surface area contributed by atoms with Crippen LogP contribution in [0.3, 0.4) is 0 Å². The first-order valence-electron chi connectivity index (χ1n) is 15.4. The Morgan fingerprint density at radius 1 is 0.935 bits per heavy atom. The molecule has 0 spiro atoms. The summed E-state index contributed by atoms with van der Waals surface area (Å²) in [5.74, 6) is -0.367.